The lowest BCUT2D eigenvalue weighted by Gasteiger charge is -2.17. The summed E-state index contributed by atoms with van der Waals surface area (Å²) in [6, 6.07) is 15.5. The number of carbonyl (C=O) groups is 1. The summed E-state index contributed by atoms with van der Waals surface area (Å²) in [6.07, 6.45) is 0.475. The first-order chi connectivity index (χ1) is 11.6. The topological polar surface area (TPSA) is 44.8 Å². The van der Waals surface area contributed by atoms with Gasteiger partial charge in [-0.15, -0.1) is 0 Å². The Balaban J connectivity index is 1.73. The van der Waals surface area contributed by atoms with E-state index in [-0.39, 0.29) is 23.9 Å². The monoisotopic (exact) mass is 326 g/mol. The second-order valence-electron chi connectivity index (χ2n) is 6.15. The van der Waals surface area contributed by atoms with Crippen LogP contribution in [0.5, 0.6) is 11.5 Å². The summed E-state index contributed by atoms with van der Waals surface area (Å²) in [5.41, 5.74) is 2.12. The zero-order valence-electron chi connectivity index (χ0n) is 14.2. The predicted octanol–water partition coefficient (Wildman–Crippen LogP) is 3.80. The van der Waals surface area contributed by atoms with Crippen LogP contribution < -0.4 is 9.47 Å². The van der Waals surface area contributed by atoms with E-state index < -0.39 is 0 Å². The number of ether oxygens (including phenoxy) is 3. The second-order valence-corrected chi connectivity index (χ2v) is 6.15. The predicted molar refractivity (Wildman–Crippen MR) is 91.2 cm³/mol. The minimum Gasteiger partial charge on any atom is -0.497 e. The van der Waals surface area contributed by atoms with Gasteiger partial charge in [0.05, 0.1) is 20.1 Å². The lowest BCUT2D eigenvalue weighted by atomic mass is 9.85. The van der Waals surface area contributed by atoms with Gasteiger partial charge >= 0.3 is 5.97 Å². The first-order valence-corrected chi connectivity index (χ1v) is 8.09. The Bertz CT molecular complexity index is 691. The van der Waals surface area contributed by atoms with E-state index in [1.54, 1.807) is 14.2 Å². The molecule has 1 unspecified atom stereocenters. The fourth-order valence-electron chi connectivity index (χ4n) is 3.20. The molecule has 1 heterocycles. The Morgan fingerprint density at radius 3 is 2.00 bits per heavy atom. The van der Waals surface area contributed by atoms with E-state index >= 15 is 0 Å². The van der Waals surface area contributed by atoms with E-state index in [1.807, 2.05) is 48.5 Å². The maximum absolute atomic E-state index is 12.3. The van der Waals surface area contributed by atoms with Gasteiger partial charge in [0.2, 0.25) is 0 Å². The molecule has 2 aromatic rings. The SMILES string of the molecule is COc1ccc(CC2C(=O)O[C@@H](c3ccc(OC)cc3)[C@@H]2C)cc1. The molecule has 0 spiro atoms. The number of methoxy groups -OCH3 is 2. The van der Waals surface area contributed by atoms with Crippen LogP contribution in [-0.4, -0.2) is 20.2 Å². The maximum atomic E-state index is 12.3. The summed E-state index contributed by atoms with van der Waals surface area (Å²) in [4.78, 5) is 12.3. The molecule has 0 aliphatic carbocycles. The van der Waals surface area contributed by atoms with Crippen molar-refractivity contribution < 1.29 is 19.0 Å². The quantitative estimate of drug-likeness (QED) is 0.784. The zero-order valence-corrected chi connectivity index (χ0v) is 14.2. The van der Waals surface area contributed by atoms with Crippen LogP contribution in [0.1, 0.15) is 24.2 Å². The molecule has 0 amide bonds. The number of benzene rings is 2. The van der Waals surface area contributed by atoms with Crippen LogP contribution in [0.15, 0.2) is 48.5 Å². The van der Waals surface area contributed by atoms with Crippen LogP contribution in [0.2, 0.25) is 0 Å². The first-order valence-electron chi connectivity index (χ1n) is 8.09. The Labute approximate surface area is 142 Å². The Morgan fingerprint density at radius 2 is 1.46 bits per heavy atom. The van der Waals surface area contributed by atoms with Crippen LogP contribution in [0, 0.1) is 11.8 Å². The second kappa shape index (κ2) is 6.95. The van der Waals surface area contributed by atoms with Gasteiger partial charge < -0.3 is 14.2 Å². The van der Waals surface area contributed by atoms with Crippen molar-refractivity contribution in [1.82, 2.24) is 0 Å². The number of hydrogen-bond acceptors (Lipinski definition) is 4. The van der Waals surface area contributed by atoms with Gasteiger partial charge in [-0.05, 0) is 41.8 Å². The highest BCUT2D eigenvalue weighted by atomic mass is 16.6. The summed E-state index contributed by atoms with van der Waals surface area (Å²) in [5.74, 6) is 1.47. The highest BCUT2D eigenvalue weighted by Gasteiger charge is 2.42. The normalized spacial score (nSPS) is 23.0. The average molecular weight is 326 g/mol. The molecule has 4 nitrogen and oxygen atoms in total. The van der Waals surface area contributed by atoms with Crippen molar-refractivity contribution in [2.75, 3.05) is 14.2 Å². The summed E-state index contributed by atoms with van der Waals surface area (Å²) in [5, 5.41) is 0. The lowest BCUT2D eigenvalue weighted by Crippen LogP contribution is -2.17. The summed E-state index contributed by atoms with van der Waals surface area (Å²) in [7, 11) is 3.28. The van der Waals surface area contributed by atoms with Crippen molar-refractivity contribution in [1.29, 1.82) is 0 Å². The van der Waals surface area contributed by atoms with Crippen molar-refractivity contribution in [2.24, 2.45) is 11.8 Å². The standard InChI is InChI=1S/C20H22O4/c1-13-18(12-14-4-8-16(22-2)9-5-14)20(21)24-19(13)15-6-10-17(23-3)11-7-15/h4-11,13,18-19H,12H2,1-3H3/t13-,18?,19-/m1/s1. The van der Waals surface area contributed by atoms with E-state index in [1.165, 1.54) is 0 Å². The molecule has 0 aromatic heterocycles. The van der Waals surface area contributed by atoms with Gasteiger partial charge in [-0.3, -0.25) is 4.79 Å². The molecule has 126 valence electrons. The molecule has 3 atom stereocenters. The fourth-order valence-corrected chi connectivity index (χ4v) is 3.20. The Kier molecular flexibility index (Phi) is 4.74. The molecule has 0 radical (unpaired) electrons. The third-order valence-electron chi connectivity index (χ3n) is 4.72. The van der Waals surface area contributed by atoms with E-state index in [9.17, 15) is 4.79 Å². The molecule has 3 rings (SSSR count). The number of rotatable bonds is 5. The maximum Gasteiger partial charge on any atom is 0.310 e. The lowest BCUT2D eigenvalue weighted by molar-refractivity contribution is -0.144. The van der Waals surface area contributed by atoms with Crippen molar-refractivity contribution in [2.45, 2.75) is 19.4 Å². The van der Waals surface area contributed by atoms with E-state index in [4.69, 9.17) is 14.2 Å². The van der Waals surface area contributed by atoms with Gasteiger partial charge in [-0.2, -0.15) is 0 Å². The highest BCUT2D eigenvalue weighted by Crippen LogP contribution is 2.40. The van der Waals surface area contributed by atoms with Gasteiger partial charge in [0.25, 0.3) is 0 Å². The van der Waals surface area contributed by atoms with Crippen LogP contribution in [0.4, 0.5) is 0 Å². The number of esters is 1. The highest BCUT2D eigenvalue weighted by molar-refractivity contribution is 5.76. The van der Waals surface area contributed by atoms with Gasteiger partial charge in [0.1, 0.15) is 17.6 Å². The van der Waals surface area contributed by atoms with Gasteiger partial charge in [-0.1, -0.05) is 31.2 Å². The smallest absolute Gasteiger partial charge is 0.310 e. The number of hydrogen-bond donors (Lipinski definition) is 0. The average Bonchev–Trinajstić information content (AvgIpc) is 2.90. The largest absolute Gasteiger partial charge is 0.497 e. The van der Waals surface area contributed by atoms with Crippen LogP contribution in [0.25, 0.3) is 0 Å². The molecular formula is C20H22O4. The summed E-state index contributed by atoms with van der Waals surface area (Å²) in [6.45, 7) is 2.08. The molecule has 24 heavy (non-hydrogen) atoms. The Morgan fingerprint density at radius 1 is 0.917 bits per heavy atom. The number of carbonyl (C=O) groups excluding carboxylic acids is 1. The van der Waals surface area contributed by atoms with Crippen LogP contribution in [-0.2, 0) is 16.0 Å². The molecular weight excluding hydrogens is 304 g/mol. The van der Waals surface area contributed by atoms with Crippen LogP contribution >= 0.6 is 0 Å². The van der Waals surface area contributed by atoms with Crippen molar-refractivity contribution >= 4 is 5.97 Å². The van der Waals surface area contributed by atoms with Crippen molar-refractivity contribution in [3.8, 4) is 11.5 Å². The first kappa shape index (κ1) is 16.4. The van der Waals surface area contributed by atoms with Crippen molar-refractivity contribution in [3.05, 3.63) is 59.7 Å². The van der Waals surface area contributed by atoms with E-state index in [2.05, 4.69) is 6.92 Å². The molecule has 4 heteroatoms. The van der Waals surface area contributed by atoms with Gasteiger partial charge in [0, 0.05) is 5.92 Å². The molecule has 1 fully saturated rings. The minimum absolute atomic E-state index is 0.119. The van der Waals surface area contributed by atoms with Gasteiger partial charge in [0.15, 0.2) is 0 Å². The third kappa shape index (κ3) is 3.23. The zero-order chi connectivity index (χ0) is 17.1. The summed E-state index contributed by atoms with van der Waals surface area (Å²) < 4.78 is 16.0. The Hall–Kier alpha value is -2.49. The van der Waals surface area contributed by atoms with E-state index in [0.29, 0.717) is 6.42 Å². The van der Waals surface area contributed by atoms with E-state index in [0.717, 1.165) is 22.6 Å². The molecule has 0 saturated carbocycles. The minimum atomic E-state index is -0.202. The molecule has 1 saturated heterocycles. The summed E-state index contributed by atoms with van der Waals surface area (Å²) >= 11 is 0. The molecule has 0 bridgehead atoms. The van der Waals surface area contributed by atoms with Crippen LogP contribution in [0.3, 0.4) is 0 Å². The molecule has 1 aliphatic heterocycles. The van der Waals surface area contributed by atoms with Gasteiger partial charge in [-0.25, -0.2) is 0 Å². The van der Waals surface area contributed by atoms with Crippen molar-refractivity contribution in [3.63, 3.8) is 0 Å². The number of cyclic esters (lactones) is 1. The molecule has 2 aromatic carbocycles. The third-order valence-corrected chi connectivity index (χ3v) is 4.72. The molecule has 1 aliphatic rings. The fraction of sp³-hybridized carbons (Fsp3) is 0.350. The molecule has 0 N–H and O–H groups in total.